The van der Waals surface area contributed by atoms with Crippen molar-refractivity contribution >= 4 is 29.2 Å². The molecule has 4 nitrogen and oxygen atoms in total. The zero-order valence-electron chi connectivity index (χ0n) is 9.06. The number of aliphatic hydroxyl groups is 1. The largest absolute Gasteiger partial charge is 0.391 e. The highest BCUT2D eigenvalue weighted by Gasteiger charge is 2.21. The monoisotopic (exact) mass is 259 g/mol. The Hall–Kier alpha value is -0.520. The summed E-state index contributed by atoms with van der Waals surface area (Å²) in [4.78, 5) is 10.3. The molecule has 1 fully saturated rings. The molecule has 1 atom stereocenters. The Bertz CT molecular complexity index is 377. The minimum atomic E-state index is -0.118. The second-order valence-corrected chi connectivity index (χ2v) is 5.66. The lowest BCUT2D eigenvalue weighted by atomic mass is 10.3. The van der Waals surface area contributed by atoms with Crippen LogP contribution in [0.15, 0.2) is 6.33 Å². The smallest absolute Gasteiger partial charge is 0.140 e. The Kier molecular flexibility index (Phi) is 3.89. The van der Waals surface area contributed by atoms with Gasteiger partial charge in [-0.25, -0.2) is 9.97 Å². The molecule has 0 aliphatic carbocycles. The van der Waals surface area contributed by atoms with E-state index in [1.807, 2.05) is 11.8 Å². The first-order valence-corrected chi connectivity index (χ1v) is 6.62. The summed E-state index contributed by atoms with van der Waals surface area (Å²) in [5, 5.41) is 10.2. The normalized spacial score (nSPS) is 21.2. The zero-order valence-corrected chi connectivity index (χ0v) is 10.6. The fourth-order valence-electron chi connectivity index (χ4n) is 1.80. The van der Waals surface area contributed by atoms with Crippen molar-refractivity contribution < 1.29 is 5.11 Å². The molecular formula is C10H14ClN3OS. The Morgan fingerprint density at radius 1 is 1.62 bits per heavy atom. The molecule has 0 aromatic carbocycles. The summed E-state index contributed by atoms with van der Waals surface area (Å²) < 4.78 is 0. The molecule has 1 saturated heterocycles. The topological polar surface area (TPSA) is 49.2 Å². The highest BCUT2D eigenvalue weighted by Crippen LogP contribution is 2.27. The fourth-order valence-corrected chi connectivity index (χ4v) is 3.00. The average Bonchev–Trinajstić information content (AvgIpc) is 2.28. The van der Waals surface area contributed by atoms with Crippen LogP contribution in [-0.2, 0) is 6.61 Å². The third-order valence-electron chi connectivity index (χ3n) is 2.57. The van der Waals surface area contributed by atoms with Crippen molar-refractivity contribution in [2.75, 3.05) is 23.7 Å². The molecule has 1 aliphatic heterocycles. The minimum Gasteiger partial charge on any atom is -0.391 e. The van der Waals surface area contributed by atoms with E-state index in [0.29, 0.717) is 16.0 Å². The molecule has 16 heavy (non-hydrogen) atoms. The van der Waals surface area contributed by atoms with Gasteiger partial charge in [0.25, 0.3) is 0 Å². The number of aromatic nitrogens is 2. The average molecular weight is 260 g/mol. The van der Waals surface area contributed by atoms with Crippen molar-refractivity contribution in [2.45, 2.75) is 18.8 Å². The first kappa shape index (κ1) is 12.0. The van der Waals surface area contributed by atoms with Gasteiger partial charge in [0.05, 0.1) is 12.2 Å². The molecule has 1 N–H and O–H groups in total. The molecular weight excluding hydrogens is 246 g/mol. The molecule has 0 saturated carbocycles. The van der Waals surface area contributed by atoms with E-state index in [2.05, 4.69) is 21.8 Å². The van der Waals surface area contributed by atoms with Crippen molar-refractivity contribution in [3.63, 3.8) is 0 Å². The Morgan fingerprint density at radius 2 is 2.44 bits per heavy atom. The van der Waals surface area contributed by atoms with E-state index in [9.17, 15) is 5.11 Å². The van der Waals surface area contributed by atoms with Gasteiger partial charge in [-0.2, -0.15) is 11.8 Å². The third-order valence-corrected chi connectivity index (χ3v) is 4.03. The van der Waals surface area contributed by atoms with Crippen LogP contribution < -0.4 is 4.90 Å². The number of hydrogen-bond donors (Lipinski definition) is 1. The van der Waals surface area contributed by atoms with Crippen LogP contribution in [0.25, 0.3) is 0 Å². The van der Waals surface area contributed by atoms with Crippen molar-refractivity contribution in [1.82, 2.24) is 9.97 Å². The van der Waals surface area contributed by atoms with Gasteiger partial charge in [-0.05, 0) is 0 Å². The summed E-state index contributed by atoms with van der Waals surface area (Å²) >= 11 is 7.90. The van der Waals surface area contributed by atoms with Gasteiger partial charge in [-0.1, -0.05) is 18.5 Å². The summed E-state index contributed by atoms with van der Waals surface area (Å²) in [7, 11) is 0. The van der Waals surface area contributed by atoms with Gasteiger partial charge in [0.15, 0.2) is 0 Å². The second-order valence-electron chi connectivity index (χ2n) is 3.75. The van der Waals surface area contributed by atoms with Gasteiger partial charge in [-0.3, -0.25) is 0 Å². The van der Waals surface area contributed by atoms with E-state index in [1.165, 1.54) is 6.33 Å². The van der Waals surface area contributed by atoms with Crippen molar-refractivity contribution in [3.05, 3.63) is 17.0 Å². The van der Waals surface area contributed by atoms with E-state index in [4.69, 9.17) is 11.6 Å². The molecule has 0 spiro atoms. The predicted molar refractivity (Wildman–Crippen MR) is 67.1 cm³/mol. The Labute approximate surface area is 104 Å². The highest BCUT2D eigenvalue weighted by molar-refractivity contribution is 8.00. The van der Waals surface area contributed by atoms with Gasteiger partial charge in [-0.15, -0.1) is 0 Å². The molecule has 0 bridgehead atoms. The third kappa shape index (κ3) is 2.42. The van der Waals surface area contributed by atoms with Crippen molar-refractivity contribution in [3.8, 4) is 0 Å². The van der Waals surface area contributed by atoms with Crippen LogP contribution in [-0.4, -0.2) is 39.2 Å². The summed E-state index contributed by atoms with van der Waals surface area (Å²) in [6.07, 6.45) is 1.45. The van der Waals surface area contributed by atoms with Crippen LogP contribution in [0.1, 0.15) is 12.5 Å². The molecule has 1 aromatic heterocycles. The maximum Gasteiger partial charge on any atom is 0.140 e. The van der Waals surface area contributed by atoms with Crippen LogP contribution in [0.2, 0.25) is 5.15 Å². The lowest BCUT2D eigenvalue weighted by Gasteiger charge is -2.32. The Morgan fingerprint density at radius 3 is 3.12 bits per heavy atom. The SMILES string of the molecule is CC1CN(c2ncnc(Cl)c2CO)CCS1. The number of nitrogens with zero attached hydrogens (tertiary/aromatic N) is 3. The second kappa shape index (κ2) is 5.21. The molecule has 88 valence electrons. The van der Waals surface area contributed by atoms with E-state index >= 15 is 0 Å². The number of thioether (sulfide) groups is 1. The lowest BCUT2D eigenvalue weighted by molar-refractivity contribution is 0.281. The molecule has 1 aromatic rings. The minimum absolute atomic E-state index is 0.118. The van der Waals surface area contributed by atoms with Crippen LogP contribution >= 0.6 is 23.4 Å². The van der Waals surface area contributed by atoms with Crippen LogP contribution in [0.3, 0.4) is 0 Å². The van der Waals surface area contributed by atoms with Crippen LogP contribution in [0, 0.1) is 0 Å². The fraction of sp³-hybridized carbons (Fsp3) is 0.600. The van der Waals surface area contributed by atoms with Crippen LogP contribution in [0.5, 0.6) is 0 Å². The molecule has 2 rings (SSSR count). The lowest BCUT2D eigenvalue weighted by Crippen LogP contribution is -2.37. The van der Waals surface area contributed by atoms with Gasteiger partial charge >= 0.3 is 0 Å². The maximum absolute atomic E-state index is 9.30. The first-order chi connectivity index (χ1) is 7.72. The van der Waals surface area contributed by atoms with E-state index in [1.54, 1.807) is 0 Å². The van der Waals surface area contributed by atoms with E-state index in [-0.39, 0.29) is 6.61 Å². The van der Waals surface area contributed by atoms with E-state index < -0.39 is 0 Å². The number of rotatable bonds is 2. The first-order valence-electron chi connectivity index (χ1n) is 5.19. The van der Waals surface area contributed by atoms with Gasteiger partial charge < -0.3 is 10.0 Å². The summed E-state index contributed by atoms with van der Waals surface area (Å²) in [5.41, 5.74) is 0.628. The molecule has 2 heterocycles. The van der Waals surface area contributed by atoms with Crippen molar-refractivity contribution in [2.24, 2.45) is 0 Å². The highest BCUT2D eigenvalue weighted by atomic mass is 35.5. The molecule has 0 amide bonds. The number of aliphatic hydroxyl groups excluding tert-OH is 1. The summed E-state index contributed by atoms with van der Waals surface area (Å²) in [6, 6.07) is 0. The quantitative estimate of drug-likeness (QED) is 0.817. The van der Waals surface area contributed by atoms with Gasteiger partial charge in [0.2, 0.25) is 0 Å². The summed E-state index contributed by atoms with van der Waals surface area (Å²) in [6.45, 7) is 3.95. The maximum atomic E-state index is 9.30. The standard InChI is InChI=1S/C10H14ClN3OS/c1-7-4-14(2-3-16-7)10-8(5-15)9(11)12-6-13-10/h6-7,15H,2-5H2,1H3. The summed E-state index contributed by atoms with van der Waals surface area (Å²) in [5.74, 6) is 1.85. The molecule has 0 radical (unpaired) electrons. The molecule has 6 heteroatoms. The predicted octanol–water partition coefficient (Wildman–Crippen LogP) is 1.56. The molecule has 1 unspecified atom stereocenters. The number of anilines is 1. The number of hydrogen-bond acceptors (Lipinski definition) is 5. The van der Waals surface area contributed by atoms with Crippen LogP contribution in [0.4, 0.5) is 5.82 Å². The molecule has 1 aliphatic rings. The van der Waals surface area contributed by atoms with Crippen molar-refractivity contribution in [1.29, 1.82) is 0 Å². The number of halogens is 1. The van der Waals surface area contributed by atoms with Gasteiger partial charge in [0, 0.05) is 24.1 Å². The zero-order chi connectivity index (χ0) is 11.5. The van der Waals surface area contributed by atoms with E-state index in [0.717, 1.165) is 24.7 Å². The van der Waals surface area contributed by atoms with Gasteiger partial charge in [0.1, 0.15) is 17.3 Å². The Balaban J connectivity index is 2.28.